The normalized spacial score (nSPS) is 13.0. The van der Waals surface area contributed by atoms with E-state index in [4.69, 9.17) is 0 Å². The van der Waals surface area contributed by atoms with E-state index in [1.807, 2.05) is 13.8 Å². The second kappa shape index (κ2) is 3.68. The van der Waals surface area contributed by atoms with Gasteiger partial charge in [0.25, 0.3) is 0 Å². The lowest BCUT2D eigenvalue weighted by atomic mass is 10.0. The lowest BCUT2D eigenvalue weighted by molar-refractivity contribution is 0.172. The molecule has 0 fully saturated rings. The van der Waals surface area contributed by atoms with E-state index in [2.05, 4.69) is 0 Å². The third-order valence-electron chi connectivity index (χ3n) is 1.99. The zero-order valence-corrected chi connectivity index (χ0v) is 7.34. The Kier molecular flexibility index (Phi) is 2.82. The molecule has 0 unspecified atom stereocenters. The smallest absolute Gasteiger partial charge is 0.123 e. The lowest BCUT2D eigenvalue weighted by Crippen LogP contribution is -1.98. The molecule has 0 aliphatic carbocycles. The second-order valence-corrected chi connectivity index (χ2v) is 2.92. The minimum absolute atomic E-state index is 0.289. The quantitative estimate of drug-likeness (QED) is 0.719. The molecule has 1 aromatic rings. The van der Waals surface area contributed by atoms with Gasteiger partial charge in [-0.25, -0.2) is 4.39 Å². The molecule has 1 aromatic carbocycles. The maximum Gasteiger partial charge on any atom is 0.123 e. The molecule has 1 N–H and O–H groups in total. The van der Waals surface area contributed by atoms with Crippen LogP contribution in [0.1, 0.15) is 30.6 Å². The van der Waals surface area contributed by atoms with Gasteiger partial charge in [0.1, 0.15) is 5.82 Å². The van der Waals surface area contributed by atoms with E-state index in [0.29, 0.717) is 12.0 Å². The second-order valence-electron chi connectivity index (χ2n) is 2.92. The van der Waals surface area contributed by atoms with E-state index in [-0.39, 0.29) is 5.82 Å². The van der Waals surface area contributed by atoms with Gasteiger partial charge in [0.15, 0.2) is 0 Å². The molecule has 0 spiro atoms. The average Bonchev–Trinajstić information content (AvgIpc) is 2.08. The van der Waals surface area contributed by atoms with Crippen molar-refractivity contribution >= 4 is 0 Å². The molecule has 66 valence electrons. The molecular formula is C10H13FO. The lowest BCUT2D eigenvalue weighted by Gasteiger charge is -2.10. The molecule has 0 radical (unpaired) electrons. The fourth-order valence-corrected chi connectivity index (χ4v) is 1.19. The topological polar surface area (TPSA) is 20.2 Å². The first-order valence-electron chi connectivity index (χ1n) is 4.09. The van der Waals surface area contributed by atoms with Gasteiger partial charge < -0.3 is 5.11 Å². The number of benzene rings is 1. The zero-order chi connectivity index (χ0) is 9.14. The van der Waals surface area contributed by atoms with Crippen molar-refractivity contribution in [2.45, 2.75) is 26.4 Å². The number of rotatable bonds is 2. The first-order valence-corrected chi connectivity index (χ1v) is 4.09. The minimum Gasteiger partial charge on any atom is -0.388 e. The van der Waals surface area contributed by atoms with Crippen LogP contribution < -0.4 is 0 Å². The number of aryl methyl sites for hydroxylation is 1. The molecule has 0 saturated carbocycles. The fourth-order valence-electron chi connectivity index (χ4n) is 1.19. The van der Waals surface area contributed by atoms with Crippen molar-refractivity contribution in [2.24, 2.45) is 0 Å². The molecule has 2 heteroatoms. The molecule has 0 aliphatic heterocycles. The highest BCUT2D eigenvalue weighted by Crippen LogP contribution is 2.20. The van der Waals surface area contributed by atoms with Crippen LogP contribution in [0.5, 0.6) is 0 Å². The predicted octanol–water partition coefficient (Wildman–Crippen LogP) is 2.58. The Bertz CT molecular complexity index is 271. The van der Waals surface area contributed by atoms with Crippen LogP contribution in [-0.2, 0) is 0 Å². The van der Waals surface area contributed by atoms with Gasteiger partial charge in [-0.1, -0.05) is 13.0 Å². The summed E-state index contributed by atoms with van der Waals surface area (Å²) in [6.07, 6.45) is 0.0744. The summed E-state index contributed by atoms with van der Waals surface area (Å²) in [5.41, 5.74) is 1.63. The molecule has 0 heterocycles. The monoisotopic (exact) mass is 168 g/mol. The molecule has 0 amide bonds. The van der Waals surface area contributed by atoms with Crippen LogP contribution in [0.25, 0.3) is 0 Å². The summed E-state index contributed by atoms with van der Waals surface area (Å²) in [4.78, 5) is 0. The van der Waals surface area contributed by atoms with Gasteiger partial charge in [0.05, 0.1) is 6.10 Å². The van der Waals surface area contributed by atoms with Crippen molar-refractivity contribution in [1.29, 1.82) is 0 Å². The Hall–Kier alpha value is -0.890. The summed E-state index contributed by atoms with van der Waals surface area (Å²) in [5, 5.41) is 9.47. The van der Waals surface area contributed by atoms with E-state index in [0.717, 1.165) is 5.56 Å². The molecule has 1 rings (SSSR count). The molecule has 12 heavy (non-hydrogen) atoms. The molecule has 1 nitrogen and oxygen atoms in total. The van der Waals surface area contributed by atoms with E-state index < -0.39 is 6.10 Å². The number of hydrogen-bond donors (Lipinski definition) is 1. The van der Waals surface area contributed by atoms with Crippen LogP contribution in [-0.4, -0.2) is 5.11 Å². The van der Waals surface area contributed by atoms with Gasteiger partial charge in [0.2, 0.25) is 0 Å². The highest BCUT2D eigenvalue weighted by molar-refractivity contribution is 5.28. The largest absolute Gasteiger partial charge is 0.388 e. The highest BCUT2D eigenvalue weighted by Gasteiger charge is 2.08. The summed E-state index contributed by atoms with van der Waals surface area (Å²) < 4.78 is 12.7. The Morgan fingerprint density at radius 2 is 2.17 bits per heavy atom. The first kappa shape index (κ1) is 9.20. The predicted molar refractivity (Wildman–Crippen MR) is 46.4 cm³/mol. The van der Waals surface area contributed by atoms with Crippen molar-refractivity contribution in [1.82, 2.24) is 0 Å². The zero-order valence-electron chi connectivity index (χ0n) is 7.34. The van der Waals surface area contributed by atoms with Gasteiger partial charge >= 0.3 is 0 Å². The average molecular weight is 168 g/mol. The Balaban J connectivity index is 3.04. The number of hydrogen-bond acceptors (Lipinski definition) is 1. The van der Waals surface area contributed by atoms with Crippen molar-refractivity contribution in [3.05, 3.63) is 35.1 Å². The van der Waals surface area contributed by atoms with Gasteiger partial charge in [-0.2, -0.15) is 0 Å². The standard InChI is InChI=1S/C10H13FO/c1-3-10(12)9-6-8(11)5-4-7(9)2/h4-6,10,12H,3H2,1-2H3/t10-/m1/s1. The SMILES string of the molecule is CC[C@@H](O)c1cc(F)ccc1C. The van der Waals surface area contributed by atoms with Gasteiger partial charge in [-0.3, -0.25) is 0 Å². The summed E-state index contributed by atoms with van der Waals surface area (Å²) in [7, 11) is 0. The van der Waals surface area contributed by atoms with Gasteiger partial charge in [-0.05, 0) is 36.6 Å². The number of halogens is 1. The third kappa shape index (κ3) is 1.83. The fraction of sp³-hybridized carbons (Fsp3) is 0.400. The Labute approximate surface area is 71.9 Å². The Morgan fingerprint density at radius 3 is 2.75 bits per heavy atom. The summed E-state index contributed by atoms with van der Waals surface area (Å²) in [5.74, 6) is -0.289. The molecule has 0 aliphatic rings. The number of aliphatic hydroxyl groups excluding tert-OH is 1. The maximum atomic E-state index is 12.7. The van der Waals surface area contributed by atoms with Crippen LogP contribution >= 0.6 is 0 Å². The summed E-state index contributed by atoms with van der Waals surface area (Å²) >= 11 is 0. The van der Waals surface area contributed by atoms with E-state index in [1.54, 1.807) is 6.07 Å². The molecule has 0 bridgehead atoms. The van der Waals surface area contributed by atoms with Crippen LogP contribution in [0.2, 0.25) is 0 Å². The first-order chi connectivity index (χ1) is 5.65. The maximum absolute atomic E-state index is 12.7. The summed E-state index contributed by atoms with van der Waals surface area (Å²) in [6.45, 7) is 3.74. The molecular weight excluding hydrogens is 155 g/mol. The van der Waals surface area contributed by atoms with Gasteiger partial charge in [0, 0.05) is 0 Å². The minimum atomic E-state index is -0.541. The van der Waals surface area contributed by atoms with Crippen molar-refractivity contribution in [2.75, 3.05) is 0 Å². The highest BCUT2D eigenvalue weighted by atomic mass is 19.1. The number of aliphatic hydroxyl groups is 1. The van der Waals surface area contributed by atoms with Crippen LogP contribution in [0.4, 0.5) is 4.39 Å². The third-order valence-corrected chi connectivity index (χ3v) is 1.99. The molecule has 0 aromatic heterocycles. The van der Waals surface area contributed by atoms with Crippen molar-refractivity contribution < 1.29 is 9.50 Å². The van der Waals surface area contributed by atoms with Crippen LogP contribution in [0.3, 0.4) is 0 Å². The van der Waals surface area contributed by atoms with Crippen LogP contribution in [0.15, 0.2) is 18.2 Å². The van der Waals surface area contributed by atoms with Crippen LogP contribution in [0, 0.1) is 12.7 Å². The van der Waals surface area contributed by atoms with E-state index in [9.17, 15) is 9.50 Å². The van der Waals surface area contributed by atoms with E-state index in [1.165, 1.54) is 12.1 Å². The van der Waals surface area contributed by atoms with Crippen molar-refractivity contribution in [3.63, 3.8) is 0 Å². The Morgan fingerprint density at radius 1 is 1.50 bits per heavy atom. The van der Waals surface area contributed by atoms with Crippen molar-refractivity contribution in [3.8, 4) is 0 Å². The summed E-state index contributed by atoms with van der Waals surface area (Å²) in [6, 6.07) is 4.48. The molecule has 0 saturated heterocycles. The molecule has 1 atom stereocenters. The van der Waals surface area contributed by atoms with Gasteiger partial charge in [-0.15, -0.1) is 0 Å². The van der Waals surface area contributed by atoms with E-state index >= 15 is 0 Å².